The maximum atomic E-state index is 8.84. The quantitative estimate of drug-likeness (QED) is 0.843. The van der Waals surface area contributed by atoms with Gasteiger partial charge in [0.25, 0.3) is 0 Å². The van der Waals surface area contributed by atoms with Gasteiger partial charge in [0.1, 0.15) is 0 Å². The number of benzene rings is 1. The van der Waals surface area contributed by atoms with Crippen LogP contribution in [0.2, 0.25) is 0 Å². The lowest BCUT2D eigenvalue weighted by molar-refractivity contribution is 0.638. The van der Waals surface area contributed by atoms with E-state index in [1.165, 1.54) is 12.1 Å². The van der Waals surface area contributed by atoms with Crippen molar-refractivity contribution in [2.24, 2.45) is 0 Å². The van der Waals surface area contributed by atoms with Crippen molar-refractivity contribution in [2.75, 3.05) is 29.5 Å². The summed E-state index contributed by atoms with van der Waals surface area (Å²) in [5.41, 5.74) is 8.76. The summed E-state index contributed by atoms with van der Waals surface area (Å²) in [6.45, 7) is 6.75. The Morgan fingerprint density at radius 2 is 2.21 bits per heavy atom. The lowest BCUT2D eigenvalue weighted by Gasteiger charge is -2.25. The number of hydrogen-bond donors (Lipinski definition) is 1. The first-order chi connectivity index (χ1) is 9.02. The summed E-state index contributed by atoms with van der Waals surface area (Å²) in [5, 5.41) is 8.84. The molecule has 1 aliphatic rings. The van der Waals surface area contributed by atoms with E-state index in [-0.39, 0.29) is 0 Å². The number of thioether (sulfide) groups is 1. The highest BCUT2D eigenvalue weighted by atomic mass is 32.2. The number of nitrogen functional groups attached to an aromatic ring is 1. The van der Waals surface area contributed by atoms with Crippen LogP contribution >= 0.6 is 11.8 Å². The van der Waals surface area contributed by atoms with Crippen LogP contribution in [0.1, 0.15) is 25.8 Å². The molecule has 0 unspecified atom stereocenters. The molecule has 1 heterocycles. The van der Waals surface area contributed by atoms with Crippen LogP contribution < -0.4 is 10.6 Å². The average molecular weight is 275 g/mol. The second kappa shape index (κ2) is 5.75. The lowest BCUT2D eigenvalue weighted by atomic mass is 10.1. The number of rotatable bonds is 2. The minimum atomic E-state index is 0.359. The van der Waals surface area contributed by atoms with Crippen molar-refractivity contribution in [3.05, 3.63) is 23.8 Å². The fourth-order valence-corrected chi connectivity index (χ4v) is 3.41. The second-order valence-corrected chi connectivity index (χ2v) is 7.37. The van der Waals surface area contributed by atoms with E-state index < -0.39 is 0 Å². The Labute approximate surface area is 119 Å². The summed E-state index contributed by atoms with van der Waals surface area (Å²) in [4.78, 5) is 2.40. The first-order valence-electron chi connectivity index (χ1n) is 6.66. The Kier molecular flexibility index (Phi) is 4.26. The predicted molar refractivity (Wildman–Crippen MR) is 83.5 cm³/mol. The van der Waals surface area contributed by atoms with Gasteiger partial charge in [-0.25, -0.2) is 0 Å². The van der Waals surface area contributed by atoms with Crippen molar-refractivity contribution in [3.63, 3.8) is 0 Å². The van der Waals surface area contributed by atoms with Gasteiger partial charge < -0.3 is 10.6 Å². The van der Waals surface area contributed by atoms with Crippen molar-refractivity contribution in [1.82, 2.24) is 0 Å². The molecule has 1 saturated heterocycles. The molecule has 19 heavy (non-hydrogen) atoms. The van der Waals surface area contributed by atoms with Crippen LogP contribution in [-0.2, 0) is 6.42 Å². The van der Waals surface area contributed by atoms with Gasteiger partial charge >= 0.3 is 0 Å². The molecule has 4 heteroatoms. The third-order valence-electron chi connectivity index (χ3n) is 3.60. The molecule has 102 valence electrons. The van der Waals surface area contributed by atoms with Gasteiger partial charge in [0, 0.05) is 35.0 Å². The van der Waals surface area contributed by atoms with Gasteiger partial charge in [-0.2, -0.15) is 17.0 Å². The smallest absolute Gasteiger partial charge is 0.0670 e. The van der Waals surface area contributed by atoms with E-state index in [4.69, 9.17) is 11.0 Å². The monoisotopic (exact) mass is 275 g/mol. The molecule has 0 bridgehead atoms. The van der Waals surface area contributed by atoms with Gasteiger partial charge in [0.15, 0.2) is 0 Å². The first kappa shape index (κ1) is 14.1. The van der Waals surface area contributed by atoms with E-state index in [0.29, 0.717) is 11.2 Å². The zero-order chi connectivity index (χ0) is 13.9. The summed E-state index contributed by atoms with van der Waals surface area (Å²) < 4.78 is 0.359. The summed E-state index contributed by atoms with van der Waals surface area (Å²) in [7, 11) is 0. The number of nitrogens with two attached hydrogens (primary N) is 1. The Morgan fingerprint density at radius 3 is 2.95 bits per heavy atom. The van der Waals surface area contributed by atoms with Crippen molar-refractivity contribution in [1.29, 1.82) is 5.26 Å². The minimum absolute atomic E-state index is 0.359. The van der Waals surface area contributed by atoms with Crippen LogP contribution in [0.15, 0.2) is 18.2 Å². The number of nitrogens with zero attached hydrogens (tertiary/aromatic N) is 2. The maximum Gasteiger partial charge on any atom is 0.0670 e. The van der Waals surface area contributed by atoms with Crippen LogP contribution in [0.5, 0.6) is 0 Å². The Morgan fingerprint density at radius 1 is 1.42 bits per heavy atom. The third kappa shape index (κ3) is 3.57. The molecule has 0 amide bonds. The van der Waals surface area contributed by atoms with Crippen molar-refractivity contribution >= 4 is 23.1 Å². The molecule has 0 atom stereocenters. The zero-order valence-electron chi connectivity index (χ0n) is 11.6. The SMILES string of the molecule is CC1(C)CCN(c2ccc(N)c(CC#N)c2)CCS1. The van der Waals surface area contributed by atoms with Crippen LogP contribution in [-0.4, -0.2) is 23.6 Å². The van der Waals surface area contributed by atoms with Gasteiger partial charge in [0.05, 0.1) is 12.5 Å². The van der Waals surface area contributed by atoms with Crippen molar-refractivity contribution < 1.29 is 0 Å². The first-order valence-corrected chi connectivity index (χ1v) is 7.65. The van der Waals surface area contributed by atoms with Crippen LogP contribution in [0, 0.1) is 11.3 Å². The Hall–Kier alpha value is -1.34. The molecule has 2 N–H and O–H groups in total. The third-order valence-corrected chi connectivity index (χ3v) is 4.97. The molecule has 1 aliphatic heterocycles. The number of anilines is 2. The average Bonchev–Trinajstić information content (AvgIpc) is 2.53. The highest BCUT2D eigenvalue weighted by molar-refractivity contribution is 8.00. The molecule has 3 nitrogen and oxygen atoms in total. The van der Waals surface area contributed by atoms with Gasteiger partial charge in [-0.1, -0.05) is 13.8 Å². The topological polar surface area (TPSA) is 53.0 Å². The molecule has 0 aliphatic carbocycles. The van der Waals surface area contributed by atoms with Crippen molar-refractivity contribution in [2.45, 2.75) is 31.4 Å². The Balaban J connectivity index is 2.18. The molecular weight excluding hydrogens is 254 g/mol. The van der Waals surface area contributed by atoms with Crippen molar-refractivity contribution in [3.8, 4) is 6.07 Å². The second-order valence-electron chi connectivity index (χ2n) is 5.56. The summed E-state index contributed by atoms with van der Waals surface area (Å²) in [6.07, 6.45) is 1.56. The highest BCUT2D eigenvalue weighted by Crippen LogP contribution is 2.32. The molecule has 2 rings (SSSR count). The molecule has 1 aromatic carbocycles. The molecular formula is C15H21N3S. The van der Waals surface area contributed by atoms with Crippen LogP contribution in [0.3, 0.4) is 0 Å². The maximum absolute atomic E-state index is 8.84. The molecule has 0 spiro atoms. The van der Waals surface area contributed by atoms with E-state index in [9.17, 15) is 0 Å². The zero-order valence-corrected chi connectivity index (χ0v) is 12.5. The molecule has 1 fully saturated rings. The Bertz CT molecular complexity index is 491. The van der Waals surface area contributed by atoms with Gasteiger partial charge in [0.2, 0.25) is 0 Å². The fourth-order valence-electron chi connectivity index (χ4n) is 2.31. The van der Waals surface area contributed by atoms with Gasteiger partial charge in [-0.05, 0) is 30.2 Å². The largest absolute Gasteiger partial charge is 0.398 e. The van der Waals surface area contributed by atoms with E-state index in [2.05, 4.69) is 36.9 Å². The summed E-state index contributed by atoms with van der Waals surface area (Å²) >= 11 is 2.04. The van der Waals surface area contributed by atoms with E-state index in [1.807, 2.05) is 17.8 Å². The number of hydrogen-bond acceptors (Lipinski definition) is 4. The predicted octanol–water partition coefficient (Wildman–Crippen LogP) is 3.06. The molecule has 1 aromatic rings. The van der Waals surface area contributed by atoms with Gasteiger partial charge in [-0.15, -0.1) is 0 Å². The molecule has 0 aromatic heterocycles. The molecule has 0 saturated carbocycles. The van der Waals surface area contributed by atoms with E-state index in [1.54, 1.807) is 0 Å². The van der Waals surface area contributed by atoms with E-state index in [0.717, 1.165) is 30.1 Å². The fraction of sp³-hybridized carbons (Fsp3) is 0.533. The standard InChI is InChI=1S/C15H21N3S/c1-15(2)6-8-18(9-10-19-15)13-3-4-14(17)12(11-13)5-7-16/h3-4,11H,5-6,8-10,17H2,1-2H3. The van der Waals surface area contributed by atoms with E-state index >= 15 is 0 Å². The number of nitriles is 1. The summed E-state index contributed by atoms with van der Waals surface area (Å²) in [6, 6.07) is 8.24. The molecule has 0 radical (unpaired) electrons. The highest BCUT2D eigenvalue weighted by Gasteiger charge is 2.23. The normalized spacial score (nSPS) is 18.7. The van der Waals surface area contributed by atoms with Crippen LogP contribution in [0.4, 0.5) is 11.4 Å². The van der Waals surface area contributed by atoms with Gasteiger partial charge in [-0.3, -0.25) is 0 Å². The lowest BCUT2D eigenvalue weighted by Crippen LogP contribution is -2.27. The van der Waals surface area contributed by atoms with Crippen LogP contribution in [0.25, 0.3) is 0 Å². The minimum Gasteiger partial charge on any atom is -0.398 e. The summed E-state index contributed by atoms with van der Waals surface area (Å²) in [5.74, 6) is 1.14.